The normalized spacial score (nSPS) is 11.8. The summed E-state index contributed by atoms with van der Waals surface area (Å²) in [6, 6.07) is 6.02. The first-order valence-electron chi connectivity index (χ1n) is 6.44. The van der Waals surface area contributed by atoms with Crippen LogP contribution in [0, 0.1) is 11.6 Å². The number of carbonyl (C=O) groups excluding carboxylic acids is 1. The molecule has 1 aromatic carbocycles. The van der Waals surface area contributed by atoms with Crippen molar-refractivity contribution in [3.05, 3.63) is 65.5 Å². The Morgan fingerprint density at radius 2 is 2.14 bits per heavy atom. The molecule has 0 bridgehead atoms. The molecule has 0 spiro atoms. The fraction of sp³-hybridized carbons (Fsp3) is 0.200. The quantitative estimate of drug-likeness (QED) is 0.910. The number of hydrogen-bond donors (Lipinski definition) is 2. The molecule has 4 nitrogen and oxygen atoms in total. The van der Waals surface area contributed by atoms with Gasteiger partial charge in [0.2, 0.25) is 0 Å². The number of pyridine rings is 1. The Morgan fingerprint density at radius 1 is 1.33 bits per heavy atom. The molecule has 0 aliphatic rings. The van der Waals surface area contributed by atoms with Crippen LogP contribution in [-0.2, 0) is 6.54 Å². The molecule has 2 N–H and O–H groups in total. The molecular formula is C15H15F2N3O. The van der Waals surface area contributed by atoms with Gasteiger partial charge in [0, 0.05) is 24.5 Å². The summed E-state index contributed by atoms with van der Waals surface area (Å²) in [5, 5.41) is 5.18. The number of rotatable bonds is 4. The minimum absolute atomic E-state index is 0.0881. The minimum Gasteiger partial charge on any atom is -0.334 e. The lowest BCUT2D eigenvalue weighted by molar-refractivity contribution is 0.237. The number of halogens is 2. The van der Waals surface area contributed by atoms with Crippen molar-refractivity contribution in [2.45, 2.75) is 19.5 Å². The summed E-state index contributed by atoms with van der Waals surface area (Å²) < 4.78 is 26.4. The highest BCUT2D eigenvalue weighted by atomic mass is 19.1. The number of nitrogens with one attached hydrogen (secondary N) is 2. The number of urea groups is 1. The van der Waals surface area contributed by atoms with E-state index in [1.165, 1.54) is 0 Å². The van der Waals surface area contributed by atoms with Gasteiger partial charge in [0.05, 0.1) is 6.04 Å². The average Bonchev–Trinajstić information content (AvgIpc) is 2.49. The van der Waals surface area contributed by atoms with Gasteiger partial charge in [-0.15, -0.1) is 0 Å². The molecule has 2 aromatic rings. The van der Waals surface area contributed by atoms with Gasteiger partial charge >= 0.3 is 6.03 Å². The molecule has 0 radical (unpaired) electrons. The van der Waals surface area contributed by atoms with Crippen molar-refractivity contribution in [3.63, 3.8) is 0 Å². The summed E-state index contributed by atoms with van der Waals surface area (Å²) in [5.41, 5.74) is 0.948. The monoisotopic (exact) mass is 291 g/mol. The molecule has 110 valence electrons. The van der Waals surface area contributed by atoms with E-state index in [2.05, 4.69) is 15.6 Å². The van der Waals surface area contributed by atoms with Crippen molar-refractivity contribution in [1.82, 2.24) is 15.6 Å². The van der Waals surface area contributed by atoms with Crippen molar-refractivity contribution in [1.29, 1.82) is 0 Å². The van der Waals surface area contributed by atoms with E-state index in [1.54, 1.807) is 25.4 Å². The van der Waals surface area contributed by atoms with E-state index in [0.29, 0.717) is 0 Å². The Kier molecular flexibility index (Phi) is 4.81. The fourth-order valence-corrected chi connectivity index (χ4v) is 1.82. The second-order valence-electron chi connectivity index (χ2n) is 4.57. The first-order valence-corrected chi connectivity index (χ1v) is 6.44. The number of hydrogen-bond acceptors (Lipinski definition) is 2. The summed E-state index contributed by atoms with van der Waals surface area (Å²) in [6.07, 6.45) is 3.29. The summed E-state index contributed by atoms with van der Waals surface area (Å²) in [6.45, 7) is 1.72. The highest BCUT2D eigenvalue weighted by Crippen LogP contribution is 2.11. The van der Waals surface area contributed by atoms with Crippen LogP contribution in [-0.4, -0.2) is 11.0 Å². The third-order valence-electron chi connectivity index (χ3n) is 2.98. The van der Waals surface area contributed by atoms with Crippen LogP contribution >= 0.6 is 0 Å². The Hall–Kier alpha value is -2.50. The molecule has 0 saturated carbocycles. The zero-order chi connectivity index (χ0) is 15.2. The molecule has 1 heterocycles. The summed E-state index contributed by atoms with van der Waals surface area (Å²) >= 11 is 0. The molecule has 1 atom stereocenters. The standard InChI is InChI=1S/C15H15F2N3O/c1-10(11-3-2-6-18-8-11)20-15(21)19-9-12-7-13(16)4-5-14(12)17/h2-8,10H,9H2,1H3,(H2,19,20,21)/t10-/m0/s1. The maximum atomic E-state index is 13.4. The van der Waals surface area contributed by atoms with Crippen molar-refractivity contribution < 1.29 is 13.6 Å². The molecule has 2 amide bonds. The van der Waals surface area contributed by atoms with Gasteiger partial charge < -0.3 is 10.6 Å². The molecule has 0 aliphatic carbocycles. The van der Waals surface area contributed by atoms with Crippen molar-refractivity contribution in [2.24, 2.45) is 0 Å². The van der Waals surface area contributed by atoms with Crippen LogP contribution in [0.3, 0.4) is 0 Å². The first-order chi connectivity index (χ1) is 10.1. The lowest BCUT2D eigenvalue weighted by Gasteiger charge is -2.14. The molecule has 21 heavy (non-hydrogen) atoms. The van der Waals surface area contributed by atoms with Gasteiger partial charge in [-0.25, -0.2) is 13.6 Å². The van der Waals surface area contributed by atoms with Gasteiger partial charge in [-0.1, -0.05) is 6.07 Å². The summed E-state index contributed by atoms with van der Waals surface area (Å²) in [4.78, 5) is 15.7. The van der Waals surface area contributed by atoms with Crippen LogP contribution in [0.4, 0.5) is 13.6 Å². The second kappa shape index (κ2) is 6.78. The summed E-state index contributed by atoms with van der Waals surface area (Å²) in [7, 11) is 0. The van der Waals surface area contributed by atoms with Gasteiger partial charge in [-0.05, 0) is 36.8 Å². The van der Waals surface area contributed by atoms with Gasteiger partial charge in [-0.2, -0.15) is 0 Å². The van der Waals surface area contributed by atoms with Crippen LogP contribution in [0.2, 0.25) is 0 Å². The number of carbonyl (C=O) groups is 1. The second-order valence-corrected chi connectivity index (χ2v) is 4.57. The SMILES string of the molecule is C[C@H](NC(=O)NCc1cc(F)ccc1F)c1cccnc1. The van der Waals surface area contributed by atoms with E-state index in [0.717, 1.165) is 23.8 Å². The Morgan fingerprint density at radius 3 is 2.86 bits per heavy atom. The molecule has 0 fully saturated rings. The average molecular weight is 291 g/mol. The van der Waals surface area contributed by atoms with Gasteiger partial charge in [-0.3, -0.25) is 4.98 Å². The first kappa shape index (κ1) is 14.9. The van der Waals surface area contributed by atoms with E-state index in [-0.39, 0.29) is 18.2 Å². The highest BCUT2D eigenvalue weighted by Gasteiger charge is 2.10. The Balaban J connectivity index is 1.89. The number of nitrogens with zero attached hydrogens (tertiary/aromatic N) is 1. The number of amides is 2. The minimum atomic E-state index is -0.558. The molecule has 0 saturated heterocycles. The lowest BCUT2D eigenvalue weighted by atomic mass is 10.1. The van der Waals surface area contributed by atoms with Crippen LogP contribution in [0.25, 0.3) is 0 Å². The molecule has 0 aliphatic heterocycles. The maximum Gasteiger partial charge on any atom is 0.315 e. The third-order valence-corrected chi connectivity index (χ3v) is 2.98. The maximum absolute atomic E-state index is 13.4. The van der Waals surface area contributed by atoms with E-state index in [9.17, 15) is 13.6 Å². The zero-order valence-corrected chi connectivity index (χ0v) is 11.4. The van der Waals surface area contributed by atoms with Crippen LogP contribution in [0.1, 0.15) is 24.1 Å². The van der Waals surface area contributed by atoms with E-state index < -0.39 is 17.7 Å². The lowest BCUT2D eigenvalue weighted by Crippen LogP contribution is -2.36. The summed E-state index contributed by atoms with van der Waals surface area (Å²) in [5.74, 6) is -1.10. The van der Waals surface area contributed by atoms with Gasteiger partial charge in [0.1, 0.15) is 11.6 Å². The number of benzene rings is 1. The van der Waals surface area contributed by atoms with Crippen molar-refractivity contribution >= 4 is 6.03 Å². The predicted octanol–water partition coefficient (Wildman–Crippen LogP) is 2.92. The third kappa shape index (κ3) is 4.24. The largest absolute Gasteiger partial charge is 0.334 e. The van der Waals surface area contributed by atoms with Crippen LogP contribution < -0.4 is 10.6 Å². The fourth-order valence-electron chi connectivity index (χ4n) is 1.82. The van der Waals surface area contributed by atoms with Gasteiger partial charge in [0.15, 0.2) is 0 Å². The zero-order valence-electron chi connectivity index (χ0n) is 11.4. The molecule has 2 rings (SSSR count). The van der Waals surface area contributed by atoms with Crippen LogP contribution in [0.15, 0.2) is 42.7 Å². The molecule has 0 unspecified atom stereocenters. The van der Waals surface area contributed by atoms with E-state index >= 15 is 0 Å². The van der Waals surface area contributed by atoms with Crippen molar-refractivity contribution in [2.75, 3.05) is 0 Å². The smallest absolute Gasteiger partial charge is 0.315 e. The predicted molar refractivity (Wildman–Crippen MR) is 74.4 cm³/mol. The number of aromatic nitrogens is 1. The molecule has 1 aromatic heterocycles. The topological polar surface area (TPSA) is 54.0 Å². The van der Waals surface area contributed by atoms with E-state index in [4.69, 9.17) is 0 Å². The van der Waals surface area contributed by atoms with Gasteiger partial charge in [0.25, 0.3) is 0 Å². The Bertz CT molecular complexity index is 620. The van der Waals surface area contributed by atoms with Crippen molar-refractivity contribution in [3.8, 4) is 0 Å². The Labute approximate surface area is 121 Å². The molecule has 6 heteroatoms. The van der Waals surface area contributed by atoms with Crippen LogP contribution in [0.5, 0.6) is 0 Å². The highest BCUT2D eigenvalue weighted by molar-refractivity contribution is 5.74. The van der Waals surface area contributed by atoms with E-state index in [1.807, 2.05) is 6.07 Å². The molecular weight excluding hydrogens is 276 g/mol.